The number of alkyl carbamates (subject to hydrolysis) is 1. The largest absolute Gasteiger partial charge is 0.497 e. The number of benzene rings is 1. The van der Waals surface area contributed by atoms with E-state index in [1.54, 1.807) is 26.4 Å². The second-order valence-corrected chi connectivity index (χ2v) is 3.40. The fourth-order valence-corrected chi connectivity index (χ4v) is 1.66. The van der Waals surface area contributed by atoms with Gasteiger partial charge in [0.1, 0.15) is 18.1 Å². The molecule has 17 heavy (non-hydrogen) atoms. The van der Waals surface area contributed by atoms with E-state index in [1.165, 1.54) is 0 Å². The van der Waals surface area contributed by atoms with Crippen LogP contribution in [0.15, 0.2) is 18.2 Å². The van der Waals surface area contributed by atoms with Gasteiger partial charge in [-0.1, -0.05) is 0 Å². The number of nitrogens with one attached hydrogen (secondary N) is 1. The molecule has 1 aliphatic rings. The SMILES string of the molecule is COc1ccc(OC)c([C@@H]2COC(=O)N2)c1.Cl. The van der Waals surface area contributed by atoms with Crippen molar-refractivity contribution < 1.29 is 19.0 Å². The molecular formula is C11H14ClNO4. The maximum Gasteiger partial charge on any atom is 0.407 e. The zero-order valence-electron chi connectivity index (χ0n) is 9.56. The molecule has 0 radical (unpaired) electrons. The van der Waals surface area contributed by atoms with E-state index < -0.39 is 6.09 Å². The zero-order valence-corrected chi connectivity index (χ0v) is 10.4. The third-order valence-electron chi connectivity index (χ3n) is 2.49. The Hall–Kier alpha value is -1.62. The standard InChI is InChI=1S/C11H13NO4.ClH/c1-14-7-3-4-10(15-2)8(5-7)9-6-16-11(13)12-9;/h3-5,9H,6H2,1-2H3,(H,12,13);1H/t9-;/m0./s1. The van der Waals surface area contributed by atoms with Crippen LogP contribution in [0.2, 0.25) is 0 Å². The lowest BCUT2D eigenvalue weighted by Gasteiger charge is -2.14. The average Bonchev–Trinajstić information content (AvgIpc) is 2.75. The van der Waals surface area contributed by atoms with Crippen molar-refractivity contribution in [1.29, 1.82) is 0 Å². The third kappa shape index (κ3) is 2.74. The molecular weight excluding hydrogens is 246 g/mol. The number of halogens is 1. The lowest BCUT2D eigenvalue weighted by Crippen LogP contribution is -2.18. The Morgan fingerprint density at radius 2 is 2.12 bits per heavy atom. The van der Waals surface area contributed by atoms with E-state index in [0.29, 0.717) is 12.4 Å². The summed E-state index contributed by atoms with van der Waals surface area (Å²) in [7, 11) is 3.18. The highest BCUT2D eigenvalue weighted by molar-refractivity contribution is 5.85. The Morgan fingerprint density at radius 3 is 2.65 bits per heavy atom. The monoisotopic (exact) mass is 259 g/mol. The molecule has 1 heterocycles. The van der Waals surface area contributed by atoms with Crippen molar-refractivity contribution in [3.63, 3.8) is 0 Å². The van der Waals surface area contributed by atoms with E-state index in [1.807, 2.05) is 6.07 Å². The Kier molecular flexibility index (Phi) is 4.45. The molecule has 94 valence electrons. The first kappa shape index (κ1) is 13.4. The molecule has 0 spiro atoms. The number of amides is 1. The number of carbonyl (C=O) groups excluding carboxylic acids is 1. The van der Waals surface area contributed by atoms with Gasteiger partial charge in [0.15, 0.2) is 0 Å². The number of ether oxygens (including phenoxy) is 3. The molecule has 0 aliphatic carbocycles. The number of rotatable bonds is 3. The smallest absolute Gasteiger partial charge is 0.407 e. The number of carbonyl (C=O) groups is 1. The molecule has 2 rings (SSSR count). The summed E-state index contributed by atoms with van der Waals surface area (Å²) in [5.41, 5.74) is 0.854. The summed E-state index contributed by atoms with van der Waals surface area (Å²) >= 11 is 0. The van der Waals surface area contributed by atoms with Crippen molar-refractivity contribution in [3.05, 3.63) is 23.8 Å². The molecule has 1 aliphatic heterocycles. The average molecular weight is 260 g/mol. The number of hydrogen-bond donors (Lipinski definition) is 1. The summed E-state index contributed by atoms with van der Waals surface area (Å²) in [6, 6.07) is 5.26. The van der Waals surface area contributed by atoms with Gasteiger partial charge in [0.25, 0.3) is 0 Å². The molecule has 0 unspecified atom stereocenters. The summed E-state index contributed by atoms with van der Waals surface area (Å²) in [5.74, 6) is 1.42. The predicted octanol–water partition coefficient (Wildman–Crippen LogP) is 1.91. The minimum absolute atomic E-state index is 0. The number of cyclic esters (lactones) is 1. The van der Waals surface area contributed by atoms with Crippen LogP contribution < -0.4 is 14.8 Å². The minimum atomic E-state index is -0.408. The van der Waals surface area contributed by atoms with Gasteiger partial charge in [-0.05, 0) is 18.2 Å². The molecule has 1 saturated heterocycles. The van der Waals surface area contributed by atoms with Crippen LogP contribution in [-0.2, 0) is 4.74 Å². The Morgan fingerprint density at radius 1 is 1.35 bits per heavy atom. The Labute approximate surface area is 105 Å². The van der Waals surface area contributed by atoms with Crippen LogP contribution in [0.25, 0.3) is 0 Å². The molecule has 1 atom stereocenters. The van der Waals surface area contributed by atoms with Crippen LogP contribution >= 0.6 is 12.4 Å². The van der Waals surface area contributed by atoms with Crippen LogP contribution in [0, 0.1) is 0 Å². The highest BCUT2D eigenvalue weighted by Gasteiger charge is 2.26. The third-order valence-corrected chi connectivity index (χ3v) is 2.49. The van der Waals surface area contributed by atoms with Gasteiger partial charge in [0, 0.05) is 5.56 Å². The minimum Gasteiger partial charge on any atom is -0.497 e. The fourth-order valence-electron chi connectivity index (χ4n) is 1.66. The highest BCUT2D eigenvalue weighted by atomic mass is 35.5. The topological polar surface area (TPSA) is 56.8 Å². The second-order valence-electron chi connectivity index (χ2n) is 3.40. The van der Waals surface area contributed by atoms with E-state index in [9.17, 15) is 4.79 Å². The van der Waals surface area contributed by atoms with E-state index in [2.05, 4.69) is 5.32 Å². The molecule has 1 amide bonds. The molecule has 1 aromatic rings. The van der Waals surface area contributed by atoms with Gasteiger partial charge in [-0.25, -0.2) is 4.79 Å². The van der Waals surface area contributed by atoms with Crippen LogP contribution in [0.4, 0.5) is 4.79 Å². The molecule has 5 nitrogen and oxygen atoms in total. The lowest BCUT2D eigenvalue weighted by atomic mass is 10.1. The fraction of sp³-hybridized carbons (Fsp3) is 0.364. The van der Waals surface area contributed by atoms with Crippen molar-refractivity contribution in [1.82, 2.24) is 5.32 Å². The first-order valence-electron chi connectivity index (χ1n) is 4.90. The van der Waals surface area contributed by atoms with Crippen LogP contribution in [-0.4, -0.2) is 26.9 Å². The molecule has 1 N–H and O–H groups in total. The van der Waals surface area contributed by atoms with Crippen molar-refractivity contribution in [2.45, 2.75) is 6.04 Å². The van der Waals surface area contributed by atoms with Gasteiger partial charge >= 0.3 is 6.09 Å². The van der Waals surface area contributed by atoms with Gasteiger partial charge in [-0.3, -0.25) is 0 Å². The zero-order chi connectivity index (χ0) is 11.5. The normalized spacial score (nSPS) is 17.8. The summed E-state index contributed by atoms with van der Waals surface area (Å²) in [6.45, 7) is 0.308. The highest BCUT2D eigenvalue weighted by Crippen LogP contribution is 2.31. The van der Waals surface area contributed by atoms with Gasteiger partial charge in [-0.15, -0.1) is 12.4 Å². The Bertz CT molecular complexity index is 410. The van der Waals surface area contributed by atoms with Gasteiger partial charge in [-0.2, -0.15) is 0 Å². The lowest BCUT2D eigenvalue weighted by molar-refractivity contribution is 0.177. The van der Waals surface area contributed by atoms with Gasteiger partial charge < -0.3 is 19.5 Å². The van der Waals surface area contributed by atoms with Crippen molar-refractivity contribution in [2.24, 2.45) is 0 Å². The van der Waals surface area contributed by atoms with Crippen LogP contribution in [0.5, 0.6) is 11.5 Å². The summed E-state index contributed by atoms with van der Waals surface area (Å²) in [4.78, 5) is 11.0. The van der Waals surface area contributed by atoms with Crippen molar-refractivity contribution >= 4 is 18.5 Å². The maximum absolute atomic E-state index is 11.0. The number of methoxy groups -OCH3 is 2. The first-order valence-corrected chi connectivity index (χ1v) is 4.90. The molecule has 6 heteroatoms. The van der Waals surface area contributed by atoms with E-state index >= 15 is 0 Å². The molecule has 0 bridgehead atoms. The summed E-state index contributed by atoms with van der Waals surface area (Å²) in [6.07, 6.45) is -0.408. The first-order chi connectivity index (χ1) is 7.74. The van der Waals surface area contributed by atoms with Crippen molar-refractivity contribution in [2.75, 3.05) is 20.8 Å². The summed E-state index contributed by atoms with van der Waals surface area (Å²) in [5, 5.41) is 2.70. The predicted molar refractivity (Wildman–Crippen MR) is 64.0 cm³/mol. The maximum atomic E-state index is 11.0. The quantitative estimate of drug-likeness (QED) is 0.901. The van der Waals surface area contributed by atoms with E-state index in [0.717, 1.165) is 11.3 Å². The van der Waals surface area contributed by atoms with Crippen LogP contribution in [0.1, 0.15) is 11.6 Å². The molecule has 0 saturated carbocycles. The molecule has 1 fully saturated rings. The van der Waals surface area contributed by atoms with Crippen molar-refractivity contribution in [3.8, 4) is 11.5 Å². The van der Waals surface area contributed by atoms with Gasteiger partial charge in [0.2, 0.25) is 0 Å². The van der Waals surface area contributed by atoms with Crippen LogP contribution in [0.3, 0.4) is 0 Å². The van der Waals surface area contributed by atoms with Gasteiger partial charge in [0.05, 0.1) is 20.3 Å². The van der Waals surface area contributed by atoms with E-state index in [-0.39, 0.29) is 18.4 Å². The summed E-state index contributed by atoms with van der Waals surface area (Å²) < 4.78 is 15.2. The second kappa shape index (κ2) is 5.63. The molecule has 0 aromatic heterocycles. The van der Waals surface area contributed by atoms with E-state index in [4.69, 9.17) is 14.2 Å². The Balaban J connectivity index is 0.00000144. The molecule has 1 aromatic carbocycles. The number of hydrogen-bond acceptors (Lipinski definition) is 4.